The molecule has 0 saturated carbocycles. The van der Waals surface area contributed by atoms with Crippen LogP contribution in [0.3, 0.4) is 0 Å². The van der Waals surface area contributed by atoms with Gasteiger partial charge in [-0.3, -0.25) is 0 Å². The molecule has 1 saturated heterocycles. The molecule has 0 bridgehead atoms. The van der Waals surface area contributed by atoms with Crippen LogP contribution in [-0.4, -0.2) is 44.9 Å². The zero-order valence-electron chi connectivity index (χ0n) is 18.2. The Labute approximate surface area is 196 Å². The SMILES string of the molecule is CNC(=O)Oc1cc2cc(-c3ccc(S(=O)(=O)N4CCC(F)(F)CC4)cc3)cc(C(F)(F)F)c2o1. The summed E-state index contributed by atoms with van der Waals surface area (Å²) in [6.45, 7) is -0.659. The van der Waals surface area contributed by atoms with E-state index >= 15 is 0 Å². The summed E-state index contributed by atoms with van der Waals surface area (Å²) in [6, 6.07) is 8.43. The second kappa shape index (κ2) is 8.79. The molecule has 1 aromatic heterocycles. The summed E-state index contributed by atoms with van der Waals surface area (Å²) in [5, 5.41) is 2.17. The van der Waals surface area contributed by atoms with Crippen molar-refractivity contribution in [1.29, 1.82) is 0 Å². The van der Waals surface area contributed by atoms with Gasteiger partial charge in [-0.05, 0) is 35.4 Å². The molecule has 1 fully saturated rings. The maximum Gasteiger partial charge on any atom is 0.420 e. The van der Waals surface area contributed by atoms with Gasteiger partial charge in [0.15, 0.2) is 5.58 Å². The van der Waals surface area contributed by atoms with Crippen LogP contribution in [0.4, 0.5) is 26.7 Å². The molecule has 7 nitrogen and oxygen atoms in total. The summed E-state index contributed by atoms with van der Waals surface area (Å²) in [5.74, 6) is -3.35. The first-order chi connectivity index (χ1) is 16.3. The van der Waals surface area contributed by atoms with Gasteiger partial charge in [-0.25, -0.2) is 22.0 Å². The number of carbonyl (C=O) groups excluding carboxylic acids is 1. The van der Waals surface area contributed by atoms with Crippen molar-refractivity contribution in [2.45, 2.75) is 29.8 Å². The second-order valence-electron chi connectivity index (χ2n) is 7.93. The molecule has 35 heavy (non-hydrogen) atoms. The molecule has 1 amide bonds. The van der Waals surface area contributed by atoms with Gasteiger partial charge in [0, 0.05) is 44.4 Å². The quantitative estimate of drug-likeness (QED) is 0.477. The summed E-state index contributed by atoms with van der Waals surface area (Å²) in [5.41, 5.74) is -1.25. The summed E-state index contributed by atoms with van der Waals surface area (Å²) in [4.78, 5) is 11.2. The Bertz CT molecular complexity index is 1360. The van der Waals surface area contributed by atoms with Crippen molar-refractivity contribution < 1.29 is 44.3 Å². The van der Waals surface area contributed by atoms with E-state index in [-0.39, 0.29) is 34.5 Å². The fraction of sp³-hybridized carbons (Fsp3) is 0.318. The van der Waals surface area contributed by atoms with Crippen molar-refractivity contribution in [3.63, 3.8) is 0 Å². The van der Waals surface area contributed by atoms with Gasteiger partial charge in [0.2, 0.25) is 10.0 Å². The molecular weight excluding hydrogens is 499 g/mol. The van der Waals surface area contributed by atoms with Crippen molar-refractivity contribution in [2.75, 3.05) is 20.1 Å². The van der Waals surface area contributed by atoms with Crippen molar-refractivity contribution in [3.8, 4) is 17.1 Å². The van der Waals surface area contributed by atoms with Gasteiger partial charge in [0.05, 0.1) is 10.5 Å². The topological polar surface area (TPSA) is 88.8 Å². The number of halogens is 5. The molecule has 2 aromatic carbocycles. The number of fused-ring (bicyclic) bond motifs is 1. The lowest BCUT2D eigenvalue weighted by atomic mass is 10.0. The minimum Gasteiger partial charge on any atom is -0.425 e. The van der Waals surface area contributed by atoms with E-state index in [1.807, 2.05) is 0 Å². The van der Waals surface area contributed by atoms with Crippen LogP contribution in [-0.2, 0) is 16.2 Å². The molecule has 3 aromatic rings. The first kappa shape index (κ1) is 24.9. The Balaban J connectivity index is 1.68. The fourth-order valence-electron chi connectivity index (χ4n) is 3.72. The normalized spacial score (nSPS) is 16.9. The molecule has 1 aliphatic rings. The van der Waals surface area contributed by atoms with Crippen molar-refractivity contribution in [2.24, 2.45) is 0 Å². The number of amides is 1. The van der Waals surface area contributed by atoms with E-state index in [0.717, 1.165) is 16.4 Å². The van der Waals surface area contributed by atoms with Gasteiger partial charge >= 0.3 is 12.3 Å². The third-order valence-corrected chi connectivity index (χ3v) is 7.49. The highest BCUT2D eigenvalue weighted by Crippen LogP contribution is 2.41. The van der Waals surface area contributed by atoms with Crippen LogP contribution in [0, 0.1) is 0 Å². The van der Waals surface area contributed by atoms with Crippen molar-refractivity contribution in [3.05, 3.63) is 48.0 Å². The van der Waals surface area contributed by atoms with Gasteiger partial charge in [-0.1, -0.05) is 12.1 Å². The fourth-order valence-corrected chi connectivity index (χ4v) is 5.16. The van der Waals surface area contributed by atoms with Gasteiger partial charge in [0.1, 0.15) is 0 Å². The van der Waals surface area contributed by atoms with Crippen LogP contribution in [0.5, 0.6) is 5.95 Å². The molecule has 0 atom stereocenters. The number of hydrogen-bond donors (Lipinski definition) is 1. The van der Waals surface area contributed by atoms with E-state index in [9.17, 15) is 35.2 Å². The van der Waals surface area contributed by atoms with Crippen LogP contribution in [0.15, 0.2) is 51.8 Å². The minimum absolute atomic E-state index is 0.0136. The van der Waals surface area contributed by atoms with Crippen LogP contribution in [0.2, 0.25) is 0 Å². The Kier molecular flexibility index (Phi) is 6.26. The molecular formula is C22H19F5N2O5S. The molecule has 0 aliphatic carbocycles. The summed E-state index contributed by atoms with van der Waals surface area (Å²) >= 11 is 0. The van der Waals surface area contributed by atoms with Crippen LogP contribution in [0.25, 0.3) is 22.1 Å². The van der Waals surface area contributed by atoms with E-state index in [1.165, 1.54) is 37.4 Å². The molecule has 0 radical (unpaired) electrons. The molecule has 2 heterocycles. The highest BCUT2D eigenvalue weighted by atomic mass is 32.2. The molecule has 1 N–H and O–H groups in total. The number of rotatable bonds is 4. The Hall–Kier alpha value is -3.19. The highest BCUT2D eigenvalue weighted by Gasteiger charge is 2.39. The number of carbonyl (C=O) groups is 1. The van der Waals surface area contributed by atoms with Crippen molar-refractivity contribution in [1.82, 2.24) is 9.62 Å². The third-order valence-electron chi connectivity index (χ3n) is 5.58. The standard InChI is InChI=1S/C22H19F5N2O5S/c1-28-20(30)34-18-12-15-10-14(11-17(19(15)33-18)22(25,26)27)13-2-4-16(5-3-13)35(31,32)29-8-6-21(23,24)7-9-29/h2-5,10-12H,6-9H2,1H3,(H,28,30). The van der Waals surface area contributed by atoms with Gasteiger partial charge in [-0.2, -0.15) is 17.5 Å². The van der Waals surface area contributed by atoms with Gasteiger partial charge < -0.3 is 14.5 Å². The lowest BCUT2D eigenvalue weighted by Crippen LogP contribution is -2.42. The second-order valence-corrected chi connectivity index (χ2v) is 9.87. The predicted octanol–water partition coefficient (Wildman–Crippen LogP) is 5.26. The average molecular weight is 518 g/mol. The molecule has 13 heteroatoms. The highest BCUT2D eigenvalue weighted by molar-refractivity contribution is 7.89. The summed E-state index contributed by atoms with van der Waals surface area (Å²) < 4.78 is 104. The lowest BCUT2D eigenvalue weighted by Gasteiger charge is -2.30. The Morgan fingerprint density at radius 1 is 1.06 bits per heavy atom. The summed E-state index contributed by atoms with van der Waals surface area (Å²) in [6.07, 6.45) is -6.88. The number of nitrogens with zero attached hydrogens (tertiary/aromatic N) is 1. The van der Waals surface area contributed by atoms with Crippen LogP contribution >= 0.6 is 0 Å². The number of furan rings is 1. The predicted molar refractivity (Wildman–Crippen MR) is 115 cm³/mol. The molecule has 0 spiro atoms. The van der Waals surface area contributed by atoms with E-state index in [1.54, 1.807) is 0 Å². The number of ether oxygens (including phenoxy) is 1. The number of nitrogens with one attached hydrogen (secondary N) is 1. The molecule has 4 rings (SSSR count). The van der Waals surface area contributed by atoms with E-state index < -0.39 is 58.1 Å². The Morgan fingerprint density at radius 3 is 2.26 bits per heavy atom. The van der Waals surface area contributed by atoms with E-state index in [0.29, 0.717) is 0 Å². The first-order valence-corrected chi connectivity index (χ1v) is 11.8. The number of hydrogen-bond acceptors (Lipinski definition) is 5. The molecule has 1 aliphatic heterocycles. The molecule has 0 unspecified atom stereocenters. The van der Waals surface area contributed by atoms with Crippen LogP contribution in [0.1, 0.15) is 18.4 Å². The minimum atomic E-state index is -4.80. The summed E-state index contributed by atoms with van der Waals surface area (Å²) in [7, 11) is -2.76. The van der Waals surface area contributed by atoms with Gasteiger partial charge in [0.25, 0.3) is 11.9 Å². The first-order valence-electron chi connectivity index (χ1n) is 10.3. The number of alkyl halides is 5. The number of piperidine rings is 1. The van der Waals surface area contributed by atoms with E-state index in [2.05, 4.69) is 5.32 Å². The molecule has 188 valence electrons. The zero-order valence-corrected chi connectivity index (χ0v) is 19.0. The largest absolute Gasteiger partial charge is 0.425 e. The van der Waals surface area contributed by atoms with Crippen LogP contribution < -0.4 is 10.1 Å². The van der Waals surface area contributed by atoms with Gasteiger partial charge in [-0.15, -0.1) is 0 Å². The maximum atomic E-state index is 13.7. The van der Waals surface area contributed by atoms with E-state index in [4.69, 9.17) is 9.15 Å². The third kappa shape index (κ3) is 5.10. The number of benzene rings is 2. The lowest BCUT2D eigenvalue weighted by molar-refractivity contribution is -0.136. The van der Waals surface area contributed by atoms with Crippen molar-refractivity contribution >= 4 is 27.1 Å². The maximum absolute atomic E-state index is 13.7. The number of sulfonamides is 1. The average Bonchev–Trinajstić information content (AvgIpc) is 3.19. The smallest absolute Gasteiger partial charge is 0.420 e. The Morgan fingerprint density at radius 2 is 1.69 bits per heavy atom. The zero-order chi connectivity index (χ0) is 25.6. The monoisotopic (exact) mass is 518 g/mol.